The van der Waals surface area contributed by atoms with Gasteiger partial charge in [-0.05, 0) is 48.0 Å². The number of nitrogens with one attached hydrogen (secondary N) is 1. The standard InChI is InChI=1S/C27H29N3O6/c31-26(32)14-19(13-18-5-2-1-3-6-18)27(24-16-33-17-35-24)23-15-25(30-36-23)34-12-10-20-8-9-21-22(29-20)7-4-11-28-21/h1-3,5-6,8-9,15-16,19,27-28H,4,7,10-14,17H2,(H,31,32). The lowest BCUT2D eigenvalue weighted by Crippen LogP contribution is -2.21. The van der Waals surface area contributed by atoms with Crippen LogP contribution in [0.3, 0.4) is 0 Å². The lowest BCUT2D eigenvalue weighted by molar-refractivity contribution is -0.138. The van der Waals surface area contributed by atoms with Gasteiger partial charge in [0.15, 0.2) is 5.76 Å². The smallest absolute Gasteiger partial charge is 0.303 e. The van der Waals surface area contributed by atoms with Crippen LogP contribution in [0.25, 0.3) is 0 Å². The highest BCUT2D eigenvalue weighted by atomic mass is 16.7. The number of ether oxygens (including phenoxy) is 3. The van der Waals surface area contributed by atoms with Crippen LogP contribution in [-0.2, 0) is 33.5 Å². The lowest BCUT2D eigenvalue weighted by atomic mass is 9.81. The largest absolute Gasteiger partial charge is 0.481 e. The number of carbonyl (C=O) groups is 1. The molecule has 2 aliphatic rings. The Hall–Kier alpha value is -4.01. The highest BCUT2D eigenvalue weighted by Crippen LogP contribution is 2.39. The number of allylic oxidation sites excluding steroid dienone is 1. The van der Waals surface area contributed by atoms with Crippen LogP contribution >= 0.6 is 0 Å². The summed E-state index contributed by atoms with van der Waals surface area (Å²) in [5, 5.41) is 17.1. The number of carboxylic acids is 1. The van der Waals surface area contributed by atoms with E-state index < -0.39 is 11.9 Å². The van der Waals surface area contributed by atoms with Crippen molar-refractivity contribution < 1.29 is 28.6 Å². The zero-order valence-electron chi connectivity index (χ0n) is 19.9. The Balaban J connectivity index is 1.29. The van der Waals surface area contributed by atoms with Crippen LogP contribution in [0.5, 0.6) is 5.88 Å². The molecule has 2 aliphatic heterocycles. The zero-order valence-corrected chi connectivity index (χ0v) is 19.9. The molecule has 0 saturated heterocycles. The summed E-state index contributed by atoms with van der Waals surface area (Å²) < 4.78 is 22.5. The van der Waals surface area contributed by atoms with Crippen LogP contribution in [0, 0.1) is 5.92 Å². The van der Waals surface area contributed by atoms with Gasteiger partial charge in [0.2, 0.25) is 6.79 Å². The molecule has 1 aromatic carbocycles. The minimum Gasteiger partial charge on any atom is -0.481 e. The SMILES string of the molecule is O=C(O)CC(Cc1ccccc1)C(C1=COCO1)c1cc(OCCc2ccc3c(n2)CCCN3)no1. The average molecular weight is 492 g/mol. The summed E-state index contributed by atoms with van der Waals surface area (Å²) in [6, 6.07) is 15.5. The third-order valence-electron chi connectivity index (χ3n) is 6.41. The maximum Gasteiger partial charge on any atom is 0.303 e. The molecule has 9 nitrogen and oxygen atoms in total. The van der Waals surface area contributed by atoms with Crippen molar-refractivity contribution in [2.75, 3.05) is 25.3 Å². The van der Waals surface area contributed by atoms with E-state index in [0.29, 0.717) is 36.8 Å². The normalized spacial score (nSPS) is 16.1. The Morgan fingerprint density at radius 1 is 1.19 bits per heavy atom. The number of nitrogens with zero attached hydrogens (tertiary/aromatic N) is 2. The minimum absolute atomic E-state index is 0.0734. The van der Waals surface area contributed by atoms with Gasteiger partial charge >= 0.3 is 5.97 Å². The first-order valence-electron chi connectivity index (χ1n) is 12.2. The van der Waals surface area contributed by atoms with Crippen LogP contribution in [0.2, 0.25) is 0 Å². The number of anilines is 1. The predicted octanol–water partition coefficient (Wildman–Crippen LogP) is 4.31. The van der Waals surface area contributed by atoms with Crippen molar-refractivity contribution >= 4 is 11.7 Å². The predicted molar refractivity (Wildman–Crippen MR) is 130 cm³/mol. The topological polar surface area (TPSA) is 116 Å². The first-order valence-corrected chi connectivity index (χ1v) is 12.2. The molecule has 2 atom stereocenters. The van der Waals surface area contributed by atoms with E-state index in [1.54, 1.807) is 6.07 Å². The molecule has 2 N–H and O–H groups in total. The van der Waals surface area contributed by atoms with Crippen LogP contribution in [-0.4, -0.2) is 41.2 Å². The van der Waals surface area contributed by atoms with Gasteiger partial charge in [-0.3, -0.25) is 9.78 Å². The first kappa shape index (κ1) is 23.7. The Bertz CT molecular complexity index is 1210. The second-order valence-corrected chi connectivity index (χ2v) is 8.97. The number of aromatic nitrogens is 2. The van der Waals surface area contributed by atoms with Gasteiger partial charge in [0.25, 0.3) is 5.88 Å². The molecule has 2 aromatic heterocycles. The molecule has 0 aliphatic carbocycles. The van der Waals surface area contributed by atoms with E-state index in [-0.39, 0.29) is 19.1 Å². The number of hydrogen-bond donors (Lipinski definition) is 2. The van der Waals surface area contributed by atoms with Crippen LogP contribution < -0.4 is 10.1 Å². The summed E-state index contributed by atoms with van der Waals surface area (Å²) in [5.74, 6) is -0.392. The molecular weight excluding hydrogens is 462 g/mol. The third kappa shape index (κ3) is 5.79. The highest BCUT2D eigenvalue weighted by Gasteiger charge is 2.35. The molecule has 0 fully saturated rings. The zero-order chi connectivity index (χ0) is 24.7. The summed E-state index contributed by atoms with van der Waals surface area (Å²) >= 11 is 0. The second-order valence-electron chi connectivity index (χ2n) is 8.97. The van der Waals surface area contributed by atoms with E-state index in [1.807, 2.05) is 36.4 Å². The van der Waals surface area contributed by atoms with Crippen molar-refractivity contribution in [3.8, 4) is 5.88 Å². The summed E-state index contributed by atoms with van der Waals surface area (Å²) in [5.41, 5.74) is 4.19. The molecule has 0 spiro atoms. The van der Waals surface area contributed by atoms with E-state index in [9.17, 15) is 9.90 Å². The summed E-state index contributed by atoms with van der Waals surface area (Å²) in [4.78, 5) is 16.5. The maximum atomic E-state index is 11.7. The molecule has 4 heterocycles. The fourth-order valence-electron chi connectivity index (χ4n) is 4.73. The molecule has 9 heteroatoms. The van der Waals surface area contributed by atoms with Gasteiger partial charge in [0, 0.05) is 31.1 Å². The van der Waals surface area contributed by atoms with E-state index >= 15 is 0 Å². The number of aliphatic carboxylic acids is 1. The summed E-state index contributed by atoms with van der Waals surface area (Å²) in [6.45, 7) is 1.46. The molecule has 2 unspecified atom stereocenters. The monoisotopic (exact) mass is 491 g/mol. The van der Waals surface area contributed by atoms with Crippen molar-refractivity contribution in [2.45, 2.75) is 38.0 Å². The highest BCUT2D eigenvalue weighted by molar-refractivity contribution is 5.67. The lowest BCUT2D eigenvalue weighted by Gasteiger charge is -2.23. The number of aryl methyl sites for hydroxylation is 1. The Kier molecular flexibility index (Phi) is 7.35. The van der Waals surface area contributed by atoms with Crippen LogP contribution in [0.15, 0.2) is 65.1 Å². The van der Waals surface area contributed by atoms with E-state index in [0.717, 1.165) is 42.0 Å². The van der Waals surface area contributed by atoms with Crippen molar-refractivity contribution in [2.24, 2.45) is 5.92 Å². The Morgan fingerprint density at radius 3 is 2.89 bits per heavy atom. The number of carboxylic acid groups (broad SMARTS) is 1. The third-order valence-corrected chi connectivity index (χ3v) is 6.41. The minimum atomic E-state index is -0.899. The fraction of sp³-hybridized carbons (Fsp3) is 0.370. The molecule has 5 rings (SSSR count). The van der Waals surface area contributed by atoms with Crippen LogP contribution in [0.1, 0.15) is 41.5 Å². The van der Waals surface area contributed by atoms with Gasteiger partial charge in [0.1, 0.15) is 12.0 Å². The number of rotatable bonds is 11. The summed E-state index contributed by atoms with van der Waals surface area (Å²) in [7, 11) is 0. The number of benzene rings is 1. The molecular formula is C27H29N3O6. The van der Waals surface area contributed by atoms with Crippen molar-refractivity contribution in [1.82, 2.24) is 10.1 Å². The van der Waals surface area contributed by atoms with Gasteiger partial charge in [-0.15, -0.1) is 0 Å². The second kappa shape index (κ2) is 11.2. The average Bonchev–Trinajstić information content (AvgIpc) is 3.58. The Morgan fingerprint density at radius 2 is 2.08 bits per heavy atom. The van der Waals surface area contributed by atoms with E-state index in [2.05, 4.69) is 16.5 Å². The molecule has 0 bridgehead atoms. The molecule has 0 saturated carbocycles. The number of fused-ring (bicyclic) bond motifs is 1. The van der Waals surface area contributed by atoms with Gasteiger partial charge in [-0.1, -0.05) is 30.3 Å². The van der Waals surface area contributed by atoms with Gasteiger partial charge in [0.05, 0.1) is 23.9 Å². The molecule has 36 heavy (non-hydrogen) atoms. The Labute approximate surface area is 209 Å². The molecule has 188 valence electrons. The maximum absolute atomic E-state index is 11.7. The molecule has 0 amide bonds. The van der Waals surface area contributed by atoms with Crippen molar-refractivity contribution in [3.05, 3.63) is 83.3 Å². The number of hydrogen-bond acceptors (Lipinski definition) is 8. The number of pyridine rings is 1. The molecule has 0 radical (unpaired) electrons. The summed E-state index contributed by atoms with van der Waals surface area (Å²) in [6.07, 6.45) is 4.67. The van der Waals surface area contributed by atoms with Gasteiger partial charge in [-0.25, -0.2) is 0 Å². The van der Waals surface area contributed by atoms with Crippen LogP contribution in [0.4, 0.5) is 5.69 Å². The quantitative estimate of drug-likeness (QED) is 0.405. The van der Waals surface area contributed by atoms with Crippen molar-refractivity contribution in [1.29, 1.82) is 0 Å². The fourth-order valence-corrected chi connectivity index (χ4v) is 4.73. The van der Waals surface area contributed by atoms with E-state index in [1.165, 1.54) is 6.26 Å². The molecule has 3 aromatic rings. The van der Waals surface area contributed by atoms with Crippen molar-refractivity contribution in [3.63, 3.8) is 0 Å². The van der Waals surface area contributed by atoms with E-state index in [4.69, 9.17) is 23.7 Å². The van der Waals surface area contributed by atoms with Gasteiger partial charge in [-0.2, -0.15) is 0 Å². The first-order chi connectivity index (χ1) is 17.7. The van der Waals surface area contributed by atoms with Gasteiger partial charge < -0.3 is 29.2 Å².